The van der Waals surface area contributed by atoms with E-state index in [1.165, 1.54) is 17.4 Å². The van der Waals surface area contributed by atoms with E-state index in [4.69, 9.17) is 0 Å². The molecular formula is C12H16O2S2. The molecule has 0 aliphatic heterocycles. The van der Waals surface area contributed by atoms with Crippen LogP contribution in [-0.4, -0.2) is 20.4 Å². The predicted molar refractivity (Wildman–Crippen MR) is 69.1 cm³/mol. The van der Waals surface area contributed by atoms with Crippen LogP contribution in [-0.2, 0) is 16.3 Å². The molecule has 1 aliphatic carbocycles. The molecule has 0 N–H and O–H groups in total. The first-order valence-electron chi connectivity index (χ1n) is 5.46. The topological polar surface area (TPSA) is 34.1 Å². The van der Waals surface area contributed by atoms with E-state index in [9.17, 15) is 8.42 Å². The molecule has 4 heteroatoms. The monoisotopic (exact) mass is 256 g/mol. The zero-order chi connectivity index (χ0) is 11.8. The standard InChI is InChI=1S/C12H16O2S2/c1-16(13,14)8-7-9-5-6-11-10(9)3-2-4-12(11)15/h2-4,9,15H,5-8H2,1H3. The van der Waals surface area contributed by atoms with Gasteiger partial charge >= 0.3 is 0 Å². The number of hydrogen-bond donors (Lipinski definition) is 1. The van der Waals surface area contributed by atoms with E-state index in [1.54, 1.807) is 0 Å². The Hall–Kier alpha value is -0.480. The summed E-state index contributed by atoms with van der Waals surface area (Å²) in [7, 11) is -2.84. The number of thiol groups is 1. The molecule has 0 heterocycles. The Morgan fingerprint density at radius 1 is 1.44 bits per heavy atom. The fourth-order valence-corrected chi connectivity index (χ4v) is 3.42. The van der Waals surface area contributed by atoms with Crippen molar-refractivity contribution in [1.29, 1.82) is 0 Å². The first kappa shape index (κ1) is 12.0. The van der Waals surface area contributed by atoms with Gasteiger partial charge in [-0.15, -0.1) is 12.6 Å². The lowest BCUT2D eigenvalue weighted by Gasteiger charge is -2.10. The summed E-state index contributed by atoms with van der Waals surface area (Å²) in [4.78, 5) is 1.04. The van der Waals surface area contributed by atoms with Crippen LogP contribution in [0.25, 0.3) is 0 Å². The molecule has 1 atom stereocenters. The SMILES string of the molecule is CS(=O)(=O)CCC1CCc2c(S)cccc21. The first-order chi connectivity index (χ1) is 7.47. The van der Waals surface area contributed by atoms with Crippen molar-refractivity contribution in [2.24, 2.45) is 0 Å². The van der Waals surface area contributed by atoms with Crippen molar-refractivity contribution in [2.75, 3.05) is 12.0 Å². The molecule has 0 saturated heterocycles. The molecule has 0 fully saturated rings. The highest BCUT2D eigenvalue weighted by atomic mass is 32.2. The van der Waals surface area contributed by atoms with E-state index >= 15 is 0 Å². The van der Waals surface area contributed by atoms with E-state index in [-0.39, 0.29) is 5.75 Å². The van der Waals surface area contributed by atoms with Gasteiger partial charge in [0.05, 0.1) is 5.75 Å². The third-order valence-electron chi connectivity index (χ3n) is 3.21. The summed E-state index contributed by atoms with van der Waals surface area (Å²) >= 11 is 4.44. The Morgan fingerprint density at radius 2 is 2.19 bits per heavy atom. The van der Waals surface area contributed by atoms with Gasteiger partial charge in [0.2, 0.25) is 0 Å². The summed E-state index contributed by atoms with van der Waals surface area (Å²) in [6, 6.07) is 6.11. The smallest absolute Gasteiger partial charge is 0.147 e. The summed E-state index contributed by atoms with van der Waals surface area (Å²) in [5, 5.41) is 0. The van der Waals surface area contributed by atoms with Gasteiger partial charge in [-0.2, -0.15) is 0 Å². The molecule has 0 radical (unpaired) electrons. The second kappa shape index (κ2) is 4.41. The maximum Gasteiger partial charge on any atom is 0.147 e. The number of hydrogen-bond acceptors (Lipinski definition) is 3. The minimum Gasteiger partial charge on any atom is -0.229 e. The van der Waals surface area contributed by atoms with Crippen LogP contribution < -0.4 is 0 Å². The van der Waals surface area contributed by atoms with Crippen LogP contribution in [0.4, 0.5) is 0 Å². The van der Waals surface area contributed by atoms with Crippen molar-refractivity contribution in [3.63, 3.8) is 0 Å². The van der Waals surface area contributed by atoms with Crippen LogP contribution in [0, 0.1) is 0 Å². The maximum absolute atomic E-state index is 11.2. The van der Waals surface area contributed by atoms with Gasteiger partial charge in [0.15, 0.2) is 0 Å². The minimum atomic E-state index is -2.84. The van der Waals surface area contributed by atoms with Gasteiger partial charge in [0, 0.05) is 11.2 Å². The molecule has 1 aromatic rings. The Morgan fingerprint density at radius 3 is 2.88 bits per heavy atom. The lowest BCUT2D eigenvalue weighted by Crippen LogP contribution is -2.07. The van der Waals surface area contributed by atoms with E-state index in [1.807, 2.05) is 12.1 Å². The summed E-state index contributed by atoms with van der Waals surface area (Å²) in [5.74, 6) is 0.685. The van der Waals surface area contributed by atoms with Gasteiger partial charge in [-0.05, 0) is 42.4 Å². The van der Waals surface area contributed by atoms with E-state index in [0.29, 0.717) is 5.92 Å². The van der Waals surface area contributed by atoms with Gasteiger partial charge in [0.1, 0.15) is 9.84 Å². The Kier molecular flexibility index (Phi) is 3.31. The lowest BCUT2D eigenvalue weighted by atomic mass is 9.99. The molecule has 0 saturated carbocycles. The van der Waals surface area contributed by atoms with E-state index < -0.39 is 9.84 Å². The fourth-order valence-electron chi connectivity index (χ4n) is 2.38. The van der Waals surface area contributed by atoms with E-state index in [2.05, 4.69) is 18.7 Å². The zero-order valence-corrected chi connectivity index (χ0v) is 11.0. The van der Waals surface area contributed by atoms with Crippen molar-refractivity contribution in [2.45, 2.75) is 30.1 Å². The number of sulfone groups is 1. The Labute approximate surface area is 102 Å². The first-order valence-corrected chi connectivity index (χ1v) is 7.96. The molecule has 88 valence electrons. The summed E-state index contributed by atoms with van der Waals surface area (Å²) < 4.78 is 22.3. The third-order valence-corrected chi connectivity index (χ3v) is 4.60. The van der Waals surface area contributed by atoms with Crippen LogP contribution in [0.5, 0.6) is 0 Å². The fraction of sp³-hybridized carbons (Fsp3) is 0.500. The second-order valence-electron chi connectivity index (χ2n) is 4.50. The molecule has 1 aromatic carbocycles. The second-order valence-corrected chi connectivity index (χ2v) is 7.24. The van der Waals surface area contributed by atoms with Gasteiger partial charge in [-0.3, -0.25) is 0 Å². The molecule has 2 nitrogen and oxygen atoms in total. The van der Waals surface area contributed by atoms with E-state index in [0.717, 1.165) is 24.2 Å². The Bertz CT molecular complexity index is 492. The molecule has 1 unspecified atom stereocenters. The largest absolute Gasteiger partial charge is 0.229 e. The molecular weight excluding hydrogens is 240 g/mol. The van der Waals surface area contributed by atoms with Crippen molar-refractivity contribution in [3.8, 4) is 0 Å². The maximum atomic E-state index is 11.2. The van der Waals surface area contributed by atoms with Crippen LogP contribution in [0.3, 0.4) is 0 Å². The average Bonchev–Trinajstić information content (AvgIpc) is 2.58. The highest BCUT2D eigenvalue weighted by Gasteiger charge is 2.24. The molecule has 0 amide bonds. The molecule has 16 heavy (non-hydrogen) atoms. The van der Waals surface area contributed by atoms with Gasteiger partial charge < -0.3 is 0 Å². The normalized spacial score (nSPS) is 19.8. The summed E-state index contributed by atoms with van der Waals surface area (Å²) in [6.45, 7) is 0. The quantitative estimate of drug-likeness (QED) is 0.843. The highest BCUT2D eigenvalue weighted by Crippen LogP contribution is 2.38. The van der Waals surface area contributed by atoms with Crippen LogP contribution in [0.15, 0.2) is 23.1 Å². The molecule has 0 bridgehead atoms. The van der Waals surface area contributed by atoms with Crippen molar-refractivity contribution < 1.29 is 8.42 Å². The van der Waals surface area contributed by atoms with Gasteiger partial charge in [-0.1, -0.05) is 12.1 Å². The number of benzene rings is 1. The summed E-state index contributed by atoms with van der Waals surface area (Å²) in [5.41, 5.74) is 2.61. The van der Waals surface area contributed by atoms with Crippen LogP contribution in [0.1, 0.15) is 29.9 Å². The molecule has 0 aromatic heterocycles. The Balaban J connectivity index is 2.15. The number of rotatable bonds is 3. The van der Waals surface area contributed by atoms with Crippen molar-refractivity contribution in [1.82, 2.24) is 0 Å². The van der Waals surface area contributed by atoms with Crippen LogP contribution >= 0.6 is 12.6 Å². The minimum absolute atomic E-state index is 0.286. The average molecular weight is 256 g/mol. The molecule has 0 spiro atoms. The zero-order valence-electron chi connectivity index (χ0n) is 9.31. The third kappa shape index (κ3) is 2.61. The van der Waals surface area contributed by atoms with Gasteiger partial charge in [-0.25, -0.2) is 8.42 Å². The highest BCUT2D eigenvalue weighted by molar-refractivity contribution is 7.90. The molecule has 2 rings (SSSR count). The van der Waals surface area contributed by atoms with Crippen molar-refractivity contribution in [3.05, 3.63) is 29.3 Å². The lowest BCUT2D eigenvalue weighted by molar-refractivity contribution is 0.588. The van der Waals surface area contributed by atoms with Gasteiger partial charge in [0.25, 0.3) is 0 Å². The summed E-state index contributed by atoms with van der Waals surface area (Å²) in [6.07, 6.45) is 4.13. The number of fused-ring (bicyclic) bond motifs is 1. The van der Waals surface area contributed by atoms with Crippen LogP contribution in [0.2, 0.25) is 0 Å². The predicted octanol–water partition coefficient (Wildman–Crippen LogP) is 2.44. The molecule has 1 aliphatic rings. The van der Waals surface area contributed by atoms with Crippen molar-refractivity contribution >= 4 is 22.5 Å².